The Balaban J connectivity index is 1.40. The second-order valence-electron chi connectivity index (χ2n) is 9.71. The Morgan fingerprint density at radius 2 is 1.73 bits per heavy atom. The van der Waals surface area contributed by atoms with Gasteiger partial charge in [0.2, 0.25) is 11.7 Å². The van der Waals surface area contributed by atoms with Gasteiger partial charge in [-0.3, -0.25) is 14.9 Å². The van der Waals surface area contributed by atoms with E-state index in [-0.39, 0.29) is 17.4 Å². The fraction of sp³-hybridized carbons (Fsp3) is 0.0303. The lowest BCUT2D eigenvalue weighted by molar-refractivity contribution is -0.385. The van der Waals surface area contributed by atoms with Crippen molar-refractivity contribution in [1.29, 1.82) is 0 Å². The molecule has 11 nitrogen and oxygen atoms in total. The molecule has 0 N–H and O–H groups in total. The zero-order chi connectivity index (χ0) is 30.2. The van der Waals surface area contributed by atoms with Gasteiger partial charge in [0.05, 0.1) is 34.5 Å². The Morgan fingerprint density at radius 1 is 0.909 bits per heavy atom. The summed E-state index contributed by atoms with van der Waals surface area (Å²) in [4.78, 5) is 33.2. The number of hydrogen-bond donors (Lipinski definition) is 0. The van der Waals surface area contributed by atoms with E-state index in [9.17, 15) is 14.9 Å². The number of nitrogens with zero attached hydrogens (tertiary/aromatic N) is 5. The number of rotatable bonds is 7. The lowest BCUT2D eigenvalue weighted by atomic mass is 10.0. The van der Waals surface area contributed by atoms with Crippen LogP contribution in [0.1, 0.15) is 5.56 Å². The number of ether oxygens (including phenoxy) is 2. The zero-order valence-corrected chi connectivity index (χ0v) is 23.1. The molecule has 0 atom stereocenters. The van der Waals surface area contributed by atoms with Gasteiger partial charge in [0.1, 0.15) is 23.3 Å². The van der Waals surface area contributed by atoms with Crippen molar-refractivity contribution in [3.05, 3.63) is 129 Å². The van der Waals surface area contributed by atoms with E-state index >= 15 is 0 Å². The van der Waals surface area contributed by atoms with Gasteiger partial charge in [-0.05, 0) is 47.2 Å². The summed E-state index contributed by atoms with van der Waals surface area (Å²) in [5.74, 6) is 1.68. The van der Waals surface area contributed by atoms with Crippen molar-refractivity contribution in [3.8, 4) is 29.0 Å². The number of aromatic nitrogens is 3. The molecule has 0 unspecified atom stereocenters. The maximum Gasteiger partial charge on any atom is 0.287 e. The first-order valence-electron chi connectivity index (χ1n) is 13.4. The molecule has 0 aliphatic rings. The summed E-state index contributed by atoms with van der Waals surface area (Å²) in [6.45, 7) is 0. The molecule has 0 aliphatic carbocycles. The Bertz CT molecular complexity index is 2310. The summed E-state index contributed by atoms with van der Waals surface area (Å²) >= 11 is 0. The van der Waals surface area contributed by atoms with Crippen molar-refractivity contribution < 1.29 is 18.8 Å². The van der Waals surface area contributed by atoms with Gasteiger partial charge in [-0.1, -0.05) is 48.5 Å². The number of methoxy groups -OCH3 is 1. The third-order valence-electron chi connectivity index (χ3n) is 7.09. The first-order valence-corrected chi connectivity index (χ1v) is 13.4. The van der Waals surface area contributed by atoms with Crippen LogP contribution in [-0.2, 0) is 0 Å². The molecule has 0 aliphatic heterocycles. The molecule has 0 amide bonds. The lowest BCUT2D eigenvalue weighted by Crippen LogP contribution is -2.20. The molecule has 0 radical (unpaired) electrons. The van der Waals surface area contributed by atoms with Gasteiger partial charge in [-0.25, -0.2) is 9.97 Å². The van der Waals surface area contributed by atoms with Crippen LogP contribution in [0, 0.1) is 10.1 Å². The third kappa shape index (κ3) is 4.68. The monoisotopic (exact) mass is 583 g/mol. The topological polar surface area (TPSA) is 135 Å². The van der Waals surface area contributed by atoms with Gasteiger partial charge in [0, 0.05) is 17.7 Å². The van der Waals surface area contributed by atoms with E-state index in [4.69, 9.17) is 18.9 Å². The smallest absolute Gasteiger partial charge is 0.287 e. The fourth-order valence-electron chi connectivity index (χ4n) is 4.98. The molecular weight excluding hydrogens is 562 g/mol. The first kappa shape index (κ1) is 26.5. The van der Waals surface area contributed by atoms with Crippen molar-refractivity contribution >= 4 is 44.5 Å². The highest BCUT2D eigenvalue weighted by Gasteiger charge is 2.18. The molecule has 11 heteroatoms. The van der Waals surface area contributed by atoms with Crippen LogP contribution in [0.4, 0.5) is 5.69 Å². The number of nitro groups is 1. The van der Waals surface area contributed by atoms with Gasteiger partial charge in [-0.15, -0.1) is 0 Å². The summed E-state index contributed by atoms with van der Waals surface area (Å²) in [5, 5.41) is 18.5. The van der Waals surface area contributed by atoms with Crippen LogP contribution in [-0.4, -0.2) is 32.9 Å². The number of hydrogen-bond acceptors (Lipinski definition) is 9. The zero-order valence-electron chi connectivity index (χ0n) is 23.1. The summed E-state index contributed by atoms with van der Waals surface area (Å²) in [7, 11) is 1.58. The molecule has 3 aromatic heterocycles. The van der Waals surface area contributed by atoms with Crippen LogP contribution < -0.4 is 15.0 Å². The predicted molar refractivity (Wildman–Crippen MR) is 166 cm³/mol. The van der Waals surface area contributed by atoms with Gasteiger partial charge in [-0.2, -0.15) is 9.78 Å². The van der Waals surface area contributed by atoms with Gasteiger partial charge >= 0.3 is 0 Å². The molecule has 44 heavy (non-hydrogen) atoms. The van der Waals surface area contributed by atoms with Crippen LogP contribution >= 0.6 is 0 Å². The Morgan fingerprint density at radius 3 is 2.52 bits per heavy atom. The molecule has 214 valence electrons. The fourth-order valence-corrected chi connectivity index (χ4v) is 4.98. The number of fused-ring (bicyclic) bond motifs is 3. The van der Waals surface area contributed by atoms with Gasteiger partial charge in [0.15, 0.2) is 5.76 Å². The second-order valence-corrected chi connectivity index (χ2v) is 9.71. The maximum absolute atomic E-state index is 13.9. The van der Waals surface area contributed by atoms with Crippen LogP contribution in [0.3, 0.4) is 0 Å². The number of benzene rings is 4. The van der Waals surface area contributed by atoms with E-state index in [1.54, 1.807) is 49.6 Å². The molecule has 3 heterocycles. The van der Waals surface area contributed by atoms with Crippen LogP contribution in [0.25, 0.3) is 44.2 Å². The van der Waals surface area contributed by atoms with Crippen molar-refractivity contribution in [2.75, 3.05) is 7.11 Å². The van der Waals surface area contributed by atoms with Crippen molar-refractivity contribution in [2.45, 2.75) is 0 Å². The molecule has 7 rings (SSSR count). The number of para-hydroxylation sites is 1. The summed E-state index contributed by atoms with van der Waals surface area (Å²) in [6.07, 6.45) is 2.65. The Hall–Kier alpha value is -6.36. The summed E-state index contributed by atoms with van der Waals surface area (Å²) in [5.41, 5.74) is 1.06. The largest absolute Gasteiger partial charge is 0.496 e. The summed E-state index contributed by atoms with van der Waals surface area (Å²) in [6, 6.07) is 28.2. The molecular formula is C33H21N5O6. The van der Waals surface area contributed by atoms with Gasteiger partial charge in [0.25, 0.3) is 11.2 Å². The predicted octanol–water partition coefficient (Wildman–Crippen LogP) is 6.95. The van der Waals surface area contributed by atoms with E-state index < -0.39 is 10.5 Å². The molecule has 7 aromatic rings. The molecule has 0 saturated carbocycles. The van der Waals surface area contributed by atoms with E-state index in [0.29, 0.717) is 39.3 Å². The number of pyridine rings is 1. The third-order valence-corrected chi connectivity index (χ3v) is 7.09. The quantitative estimate of drug-likeness (QED) is 0.112. The molecule has 4 aromatic carbocycles. The van der Waals surface area contributed by atoms with Crippen LogP contribution in [0.5, 0.6) is 17.4 Å². The highest BCUT2D eigenvalue weighted by Crippen LogP contribution is 2.34. The van der Waals surface area contributed by atoms with E-state index in [2.05, 4.69) is 10.1 Å². The average molecular weight is 584 g/mol. The molecule has 0 spiro atoms. The Kier molecular flexibility index (Phi) is 6.51. The van der Waals surface area contributed by atoms with E-state index in [1.165, 1.54) is 23.0 Å². The van der Waals surface area contributed by atoms with E-state index in [1.807, 2.05) is 42.5 Å². The highest BCUT2D eigenvalue weighted by atomic mass is 16.6. The lowest BCUT2D eigenvalue weighted by Gasteiger charge is -2.11. The molecule has 0 bridgehead atoms. The standard InChI is InChI=1S/C33H21N5O6/c1-42-27-11-6-12-28-24(27)17-30(43-28)32-36-26-10-5-4-9-23(26)33(39)37(32)35-19-25-22-8-3-2-7-20(22)13-15-29(25)44-31-16-14-21(18-34-31)38(40)41/h2-19H,1H3. The normalized spacial score (nSPS) is 11.5. The van der Waals surface area contributed by atoms with Gasteiger partial charge < -0.3 is 13.9 Å². The van der Waals surface area contributed by atoms with Crippen molar-refractivity contribution in [1.82, 2.24) is 14.6 Å². The summed E-state index contributed by atoms with van der Waals surface area (Å²) < 4.78 is 18.9. The highest BCUT2D eigenvalue weighted by molar-refractivity contribution is 6.02. The number of furan rings is 1. The van der Waals surface area contributed by atoms with Crippen molar-refractivity contribution in [3.63, 3.8) is 0 Å². The average Bonchev–Trinajstić information content (AvgIpc) is 3.50. The Labute approximate surface area is 248 Å². The second kappa shape index (κ2) is 10.8. The molecule has 0 saturated heterocycles. The minimum atomic E-state index is -0.532. The van der Waals surface area contributed by atoms with E-state index in [0.717, 1.165) is 22.4 Å². The minimum absolute atomic E-state index is 0.155. The van der Waals surface area contributed by atoms with Crippen LogP contribution in [0.2, 0.25) is 0 Å². The maximum atomic E-state index is 13.9. The molecule has 0 fully saturated rings. The minimum Gasteiger partial charge on any atom is -0.496 e. The van der Waals surface area contributed by atoms with Crippen molar-refractivity contribution in [2.24, 2.45) is 5.10 Å². The first-order chi connectivity index (χ1) is 21.5. The van der Waals surface area contributed by atoms with Crippen LogP contribution in [0.15, 0.2) is 118 Å². The SMILES string of the molecule is COc1cccc2oc(-c3nc4ccccc4c(=O)n3N=Cc3c(Oc4ccc([N+](=O)[O-])cn4)ccc4ccccc34)cc12.